The summed E-state index contributed by atoms with van der Waals surface area (Å²) in [5.74, 6) is 0.445. The van der Waals surface area contributed by atoms with Crippen LogP contribution in [0.3, 0.4) is 0 Å². The van der Waals surface area contributed by atoms with Crippen molar-refractivity contribution in [3.63, 3.8) is 0 Å². The van der Waals surface area contributed by atoms with Crippen LogP contribution in [-0.2, 0) is 13.1 Å². The summed E-state index contributed by atoms with van der Waals surface area (Å²) in [6.07, 6.45) is 0. The SMILES string of the molecule is Cc1cc2oc(=O)cc(CN3CCN(Cc4ccccc4)CC3)c2cc1C(C)C. The molecule has 1 fully saturated rings. The first kappa shape index (κ1) is 19.9. The lowest BCUT2D eigenvalue weighted by Gasteiger charge is -2.34. The van der Waals surface area contributed by atoms with Crippen LogP contribution in [0.5, 0.6) is 0 Å². The highest BCUT2D eigenvalue weighted by atomic mass is 16.4. The molecule has 0 saturated carbocycles. The summed E-state index contributed by atoms with van der Waals surface area (Å²) in [5.41, 5.74) is 5.39. The van der Waals surface area contributed by atoms with Crippen molar-refractivity contribution < 1.29 is 4.42 Å². The topological polar surface area (TPSA) is 36.7 Å². The molecule has 4 rings (SSSR count). The molecular weight excluding hydrogens is 360 g/mol. The first-order chi connectivity index (χ1) is 14.0. The lowest BCUT2D eigenvalue weighted by Crippen LogP contribution is -2.45. The number of piperazine rings is 1. The maximum absolute atomic E-state index is 12.1. The van der Waals surface area contributed by atoms with Gasteiger partial charge in [-0.25, -0.2) is 4.79 Å². The highest BCUT2D eigenvalue weighted by molar-refractivity contribution is 5.82. The van der Waals surface area contributed by atoms with Crippen LogP contribution < -0.4 is 5.63 Å². The third-order valence-corrected chi connectivity index (χ3v) is 5.95. The molecule has 0 atom stereocenters. The molecule has 0 spiro atoms. The lowest BCUT2D eigenvalue weighted by molar-refractivity contribution is 0.122. The number of fused-ring (bicyclic) bond motifs is 1. The molecule has 2 heterocycles. The number of hydrogen-bond donors (Lipinski definition) is 0. The van der Waals surface area contributed by atoms with Crippen LogP contribution in [0.15, 0.2) is 57.7 Å². The smallest absolute Gasteiger partial charge is 0.336 e. The van der Waals surface area contributed by atoms with Crippen LogP contribution in [0.2, 0.25) is 0 Å². The standard InChI is InChI=1S/C25H30N2O2/c1-18(2)22-15-23-21(14-25(28)29-24(23)13-19(22)3)17-27-11-9-26(10-12-27)16-20-7-5-4-6-8-20/h4-8,13-15,18H,9-12,16-17H2,1-3H3. The summed E-state index contributed by atoms with van der Waals surface area (Å²) in [5, 5.41) is 1.07. The van der Waals surface area contributed by atoms with E-state index < -0.39 is 0 Å². The summed E-state index contributed by atoms with van der Waals surface area (Å²) >= 11 is 0. The molecule has 152 valence electrons. The molecule has 0 N–H and O–H groups in total. The van der Waals surface area contributed by atoms with Crippen molar-refractivity contribution in [2.45, 2.75) is 39.8 Å². The monoisotopic (exact) mass is 390 g/mol. The Bertz CT molecular complexity index is 1030. The van der Waals surface area contributed by atoms with E-state index in [1.165, 1.54) is 16.7 Å². The quantitative estimate of drug-likeness (QED) is 0.599. The Hall–Kier alpha value is -2.43. The zero-order valence-corrected chi connectivity index (χ0v) is 17.6. The highest BCUT2D eigenvalue weighted by Gasteiger charge is 2.19. The van der Waals surface area contributed by atoms with Gasteiger partial charge < -0.3 is 4.42 Å². The van der Waals surface area contributed by atoms with E-state index in [-0.39, 0.29) is 5.63 Å². The Labute approximate surface area is 172 Å². The number of rotatable bonds is 5. The van der Waals surface area contributed by atoms with Gasteiger partial charge >= 0.3 is 5.63 Å². The van der Waals surface area contributed by atoms with E-state index >= 15 is 0 Å². The zero-order chi connectivity index (χ0) is 20.4. The summed E-state index contributed by atoms with van der Waals surface area (Å²) < 4.78 is 5.51. The molecule has 29 heavy (non-hydrogen) atoms. The predicted octanol–water partition coefficient (Wildman–Crippen LogP) is 4.54. The maximum Gasteiger partial charge on any atom is 0.336 e. The Morgan fingerprint density at radius 1 is 0.931 bits per heavy atom. The molecule has 0 bridgehead atoms. The summed E-state index contributed by atoms with van der Waals surface area (Å²) in [6.45, 7) is 12.4. The molecule has 1 aromatic heterocycles. The second kappa shape index (κ2) is 8.52. The largest absolute Gasteiger partial charge is 0.423 e. The van der Waals surface area contributed by atoms with Crippen molar-refractivity contribution in [1.29, 1.82) is 0 Å². The second-order valence-corrected chi connectivity index (χ2v) is 8.49. The molecule has 0 aliphatic carbocycles. The molecule has 0 unspecified atom stereocenters. The summed E-state index contributed by atoms with van der Waals surface area (Å²) in [7, 11) is 0. The fourth-order valence-corrected chi connectivity index (χ4v) is 4.33. The average molecular weight is 391 g/mol. The fraction of sp³-hybridized carbons (Fsp3) is 0.400. The molecule has 1 aliphatic heterocycles. The number of hydrogen-bond acceptors (Lipinski definition) is 4. The van der Waals surface area contributed by atoms with E-state index in [4.69, 9.17) is 4.42 Å². The van der Waals surface area contributed by atoms with Crippen LogP contribution in [0, 0.1) is 6.92 Å². The van der Waals surface area contributed by atoms with Gasteiger partial charge in [0.1, 0.15) is 5.58 Å². The van der Waals surface area contributed by atoms with Crippen molar-refractivity contribution in [3.8, 4) is 0 Å². The first-order valence-electron chi connectivity index (χ1n) is 10.6. The number of benzene rings is 2. The van der Waals surface area contributed by atoms with Gasteiger partial charge in [-0.1, -0.05) is 44.2 Å². The van der Waals surface area contributed by atoms with Crippen molar-refractivity contribution in [1.82, 2.24) is 9.80 Å². The van der Waals surface area contributed by atoms with Gasteiger partial charge in [-0.05, 0) is 47.2 Å². The average Bonchev–Trinajstić information content (AvgIpc) is 2.69. The van der Waals surface area contributed by atoms with E-state index in [2.05, 4.69) is 67.0 Å². The number of nitrogens with zero attached hydrogens (tertiary/aromatic N) is 2. The van der Waals surface area contributed by atoms with Crippen LogP contribution >= 0.6 is 0 Å². The molecule has 0 radical (unpaired) electrons. The van der Waals surface area contributed by atoms with Crippen molar-refractivity contribution in [2.75, 3.05) is 26.2 Å². The molecule has 4 heteroatoms. The summed E-state index contributed by atoms with van der Waals surface area (Å²) in [6, 6.07) is 16.6. The highest BCUT2D eigenvalue weighted by Crippen LogP contribution is 2.27. The van der Waals surface area contributed by atoms with Crippen LogP contribution in [-0.4, -0.2) is 36.0 Å². The Balaban J connectivity index is 1.49. The molecular formula is C25H30N2O2. The Kier molecular flexibility index (Phi) is 5.84. The van der Waals surface area contributed by atoms with Crippen LogP contribution in [0.1, 0.15) is 42.0 Å². The van der Waals surface area contributed by atoms with Crippen molar-refractivity contribution in [2.24, 2.45) is 0 Å². The van der Waals surface area contributed by atoms with Gasteiger partial charge in [0, 0.05) is 50.7 Å². The van der Waals surface area contributed by atoms with E-state index in [0.717, 1.165) is 50.2 Å². The Morgan fingerprint density at radius 3 is 2.24 bits per heavy atom. The zero-order valence-electron chi connectivity index (χ0n) is 17.6. The van der Waals surface area contributed by atoms with E-state index in [9.17, 15) is 4.79 Å². The normalized spacial score (nSPS) is 16.0. The molecule has 1 aliphatic rings. The van der Waals surface area contributed by atoms with Gasteiger partial charge in [0.2, 0.25) is 0 Å². The second-order valence-electron chi connectivity index (χ2n) is 8.49. The van der Waals surface area contributed by atoms with E-state index in [0.29, 0.717) is 11.5 Å². The molecule has 3 aromatic rings. The predicted molar refractivity (Wildman–Crippen MR) is 118 cm³/mol. The van der Waals surface area contributed by atoms with E-state index in [1.807, 2.05) is 6.07 Å². The number of aryl methyl sites for hydroxylation is 1. The summed E-state index contributed by atoms with van der Waals surface area (Å²) in [4.78, 5) is 17.1. The van der Waals surface area contributed by atoms with Gasteiger partial charge in [0.25, 0.3) is 0 Å². The van der Waals surface area contributed by atoms with Crippen LogP contribution in [0.4, 0.5) is 0 Å². The van der Waals surface area contributed by atoms with Gasteiger partial charge in [0.05, 0.1) is 0 Å². The third kappa shape index (κ3) is 4.60. The van der Waals surface area contributed by atoms with Gasteiger partial charge in [-0.15, -0.1) is 0 Å². The minimum Gasteiger partial charge on any atom is -0.423 e. The molecule has 4 nitrogen and oxygen atoms in total. The lowest BCUT2D eigenvalue weighted by atomic mass is 9.95. The van der Waals surface area contributed by atoms with Gasteiger partial charge in [0.15, 0.2) is 0 Å². The molecule has 2 aromatic carbocycles. The van der Waals surface area contributed by atoms with Crippen LogP contribution in [0.25, 0.3) is 11.0 Å². The van der Waals surface area contributed by atoms with Crippen molar-refractivity contribution in [3.05, 3.63) is 81.2 Å². The minimum atomic E-state index is -0.257. The molecule has 0 amide bonds. The first-order valence-corrected chi connectivity index (χ1v) is 10.6. The Morgan fingerprint density at radius 2 is 1.59 bits per heavy atom. The van der Waals surface area contributed by atoms with Crippen molar-refractivity contribution >= 4 is 11.0 Å². The maximum atomic E-state index is 12.1. The third-order valence-electron chi connectivity index (χ3n) is 5.95. The fourth-order valence-electron chi connectivity index (χ4n) is 4.33. The van der Waals surface area contributed by atoms with E-state index in [1.54, 1.807) is 6.07 Å². The van der Waals surface area contributed by atoms with Gasteiger partial charge in [-0.3, -0.25) is 9.80 Å². The van der Waals surface area contributed by atoms with Gasteiger partial charge in [-0.2, -0.15) is 0 Å². The minimum absolute atomic E-state index is 0.257. The molecule has 1 saturated heterocycles.